The van der Waals surface area contributed by atoms with Gasteiger partial charge in [0.05, 0.1) is 23.3 Å². The third kappa shape index (κ3) is 4.58. The average molecular weight is 359 g/mol. The van der Waals surface area contributed by atoms with Crippen molar-refractivity contribution in [3.05, 3.63) is 69.8 Å². The van der Waals surface area contributed by atoms with Crippen molar-refractivity contribution in [2.45, 2.75) is 0 Å². The number of nitro groups is 1. The van der Waals surface area contributed by atoms with Crippen LogP contribution in [-0.2, 0) is 4.74 Å². The number of esters is 1. The van der Waals surface area contributed by atoms with E-state index in [9.17, 15) is 19.7 Å². The molecule has 0 aromatic heterocycles. The number of benzene rings is 2. The summed E-state index contributed by atoms with van der Waals surface area (Å²) >= 11 is 5.06. The monoisotopic (exact) mass is 359 g/mol. The number of non-ortho nitro benzene ring substituents is 1. The van der Waals surface area contributed by atoms with Crippen LogP contribution in [0.1, 0.15) is 20.7 Å². The Morgan fingerprint density at radius 3 is 2.36 bits per heavy atom. The van der Waals surface area contributed by atoms with Crippen LogP contribution < -0.4 is 10.6 Å². The number of ether oxygens (including phenoxy) is 1. The highest BCUT2D eigenvalue weighted by Crippen LogP contribution is 2.16. The lowest BCUT2D eigenvalue weighted by atomic mass is 10.2. The van der Waals surface area contributed by atoms with Crippen molar-refractivity contribution in [2.24, 2.45) is 0 Å². The number of rotatable bonds is 4. The number of amides is 1. The average Bonchev–Trinajstić information content (AvgIpc) is 2.61. The van der Waals surface area contributed by atoms with E-state index in [-0.39, 0.29) is 21.9 Å². The van der Waals surface area contributed by atoms with E-state index in [0.717, 1.165) is 0 Å². The summed E-state index contributed by atoms with van der Waals surface area (Å²) in [4.78, 5) is 33.9. The van der Waals surface area contributed by atoms with Crippen LogP contribution >= 0.6 is 12.2 Å². The highest BCUT2D eigenvalue weighted by molar-refractivity contribution is 7.80. The first-order valence-electron chi connectivity index (χ1n) is 6.96. The van der Waals surface area contributed by atoms with Gasteiger partial charge in [0, 0.05) is 17.7 Å². The van der Waals surface area contributed by atoms with Crippen molar-refractivity contribution in [3.8, 4) is 0 Å². The molecule has 25 heavy (non-hydrogen) atoms. The van der Waals surface area contributed by atoms with Crippen molar-refractivity contribution in [1.82, 2.24) is 5.32 Å². The molecule has 1 amide bonds. The molecule has 0 spiro atoms. The van der Waals surface area contributed by atoms with Gasteiger partial charge in [0.1, 0.15) is 0 Å². The molecular formula is C16H13N3O5S. The molecule has 0 radical (unpaired) electrons. The molecule has 9 heteroatoms. The minimum absolute atomic E-state index is 0.0281. The highest BCUT2D eigenvalue weighted by atomic mass is 32.1. The fourth-order valence-corrected chi connectivity index (χ4v) is 2.15. The van der Waals surface area contributed by atoms with Crippen molar-refractivity contribution in [3.63, 3.8) is 0 Å². The summed E-state index contributed by atoms with van der Waals surface area (Å²) in [7, 11) is 1.26. The van der Waals surface area contributed by atoms with Crippen LogP contribution in [-0.4, -0.2) is 29.0 Å². The van der Waals surface area contributed by atoms with Crippen LogP contribution in [0, 0.1) is 10.1 Å². The second-order valence-electron chi connectivity index (χ2n) is 4.75. The van der Waals surface area contributed by atoms with Crippen LogP contribution in [0.25, 0.3) is 0 Å². The molecule has 0 fully saturated rings. The summed E-state index contributed by atoms with van der Waals surface area (Å²) < 4.78 is 4.67. The van der Waals surface area contributed by atoms with Gasteiger partial charge in [-0.3, -0.25) is 20.2 Å². The molecule has 2 rings (SSSR count). The van der Waals surface area contributed by atoms with Crippen molar-refractivity contribution < 1.29 is 19.2 Å². The molecule has 0 atom stereocenters. The fraction of sp³-hybridized carbons (Fsp3) is 0.0625. The van der Waals surface area contributed by atoms with Crippen LogP contribution in [0.3, 0.4) is 0 Å². The lowest BCUT2D eigenvalue weighted by Crippen LogP contribution is -2.34. The number of para-hydroxylation sites is 1. The zero-order valence-corrected chi connectivity index (χ0v) is 13.8. The van der Waals surface area contributed by atoms with Crippen LogP contribution in [0.15, 0.2) is 48.5 Å². The fourth-order valence-electron chi connectivity index (χ4n) is 1.94. The molecule has 0 bridgehead atoms. The van der Waals surface area contributed by atoms with Gasteiger partial charge in [-0.25, -0.2) is 4.79 Å². The smallest absolute Gasteiger partial charge is 0.339 e. The Morgan fingerprint density at radius 1 is 1.12 bits per heavy atom. The molecule has 2 aromatic rings. The SMILES string of the molecule is COC(=O)c1ccccc1NC(=S)NC(=O)c1ccc([N+](=O)[O-])cc1. The van der Waals surface area contributed by atoms with Crippen LogP contribution in [0.4, 0.5) is 11.4 Å². The minimum atomic E-state index is -0.558. The zero-order valence-electron chi connectivity index (χ0n) is 13.0. The lowest BCUT2D eigenvalue weighted by molar-refractivity contribution is -0.384. The third-order valence-electron chi connectivity index (χ3n) is 3.15. The molecule has 0 unspecified atom stereocenters. The first-order valence-corrected chi connectivity index (χ1v) is 7.37. The van der Waals surface area contributed by atoms with Gasteiger partial charge < -0.3 is 10.1 Å². The summed E-state index contributed by atoms with van der Waals surface area (Å²) in [5.74, 6) is -1.09. The number of anilines is 1. The number of hydrogen-bond donors (Lipinski definition) is 2. The van der Waals surface area contributed by atoms with Gasteiger partial charge in [0.15, 0.2) is 5.11 Å². The molecule has 2 aromatic carbocycles. The number of methoxy groups -OCH3 is 1. The molecule has 0 saturated carbocycles. The predicted octanol–water partition coefficient (Wildman–Crippen LogP) is 2.51. The van der Waals surface area contributed by atoms with Crippen molar-refractivity contribution in [1.29, 1.82) is 0 Å². The third-order valence-corrected chi connectivity index (χ3v) is 3.35. The topological polar surface area (TPSA) is 111 Å². The zero-order chi connectivity index (χ0) is 18.4. The lowest BCUT2D eigenvalue weighted by Gasteiger charge is -2.12. The van der Waals surface area contributed by atoms with Crippen LogP contribution in [0.5, 0.6) is 0 Å². The maximum atomic E-state index is 12.1. The number of nitrogens with zero attached hydrogens (tertiary/aromatic N) is 1. The maximum absolute atomic E-state index is 12.1. The normalized spacial score (nSPS) is 9.80. The Kier molecular flexibility index (Phi) is 5.75. The van der Waals surface area contributed by atoms with E-state index in [1.54, 1.807) is 24.3 Å². The van der Waals surface area contributed by atoms with E-state index in [1.807, 2.05) is 0 Å². The van der Waals surface area contributed by atoms with Gasteiger partial charge in [-0.05, 0) is 36.5 Å². The Morgan fingerprint density at radius 2 is 1.76 bits per heavy atom. The van der Waals surface area contributed by atoms with E-state index in [1.165, 1.54) is 31.4 Å². The van der Waals surface area contributed by atoms with Gasteiger partial charge in [-0.1, -0.05) is 12.1 Å². The van der Waals surface area contributed by atoms with E-state index in [4.69, 9.17) is 12.2 Å². The summed E-state index contributed by atoms with van der Waals surface area (Å²) in [6.45, 7) is 0. The number of thiocarbonyl (C=S) groups is 1. The van der Waals surface area contributed by atoms with Crippen molar-refractivity contribution in [2.75, 3.05) is 12.4 Å². The largest absolute Gasteiger partial charge is 0.465 e. The molecular weight excluding hydrogens is 346 g/mol. The summed E-state index contributed by atoms with van der Waals surface area (Å²) in [5, 5.41) is 15.8. The Hall–Kier alpha value is -3.33. The van der Waals surface area contributed by atoms with Crippen molar-refractivity contribution >= 4 is 40.6 Å². The number of carbonyl (C=O) groups is 2. The second-order valence-corrected chi connectivity index (χ2v) is 5.16. The molecule has 2 N–H and O–H groups in total. The van der Waals surface area contributed by atoms with Crippen LogP contribution in [0.2, 0.25) is 0 Å². The Bertz CT molecular complexity index is 836. The Labute approximate surface area is 147 Å². The Balaban J connectivity index is 2.06. The molecule has 8 nitrogen and oxygen atoms in total. The molecule has 0 saturated heterocycles. The first-order chi connectivity index (χ1) is 11.9. The number of carbonyl (C=O) groups excluding carboxylic acids is 2. The predicted molar refractivity (Wildman–Crippen MR) is 94.6 cm³/mol. The maximum Gasteiger partial charge on any atom is 0.339 e. The van der Waals surface area contributed by atoms with E-state index < -0.39 is 16.8 Å². The summed E-state index contributed by atoms with van der Waals surface area (Å²) in [6, 6.07) is 11.6. The molecule has 0 heterocycles. The van der Waals surface area contributed by atoms with Gasteiger partial charge in [-0.2, -0.15) is 0 Å². The highest BCUT2D eigenvalue weighted by Gasteiger charge is 2.14. The molecule has 0 aliphatic rings. The van der Waals surface area contributed by atoms with Gasteiger partial charge in [0.2, 0.25) is 0 Å². The minimum Gasteiger partial charge on any atom is -0.465 e. The summed E-state index contributed by atoms with van der Waals surface area (Å²) in [5.41, 5.74) is 0.723. The van der Waals surface area contributed by atoms with E-state index in [0.29, 0.717) is 5.69 Å². The standard InChI is InChI=1S/C16H13N3O5S/c1-24-15(21)12-4-2-3-5-13(12)17-16(25)18-14(20)10-6-8-11(9-7-10)19(22)23/h2-9H,1H3,(H2,17,18,20,25). The van der Waals surface area contributed by atoms with E-state index >= 15 is 0 Å². The second kappa shape index (κ2) is 7.97. The molecule has 0 aliphatic heterocycles. The number of hydrogen-bond acceptors (Lipinski definition) is 6. The molecule has 0 aliphatic carbocycles. The number of nitro benzene ring substituents is 1. The number of nitrogens with one attached hydrogen (secondary N) is 2. The first kappa shape index (κ1) is 18.0. The molecule has 128 valence electrons. The van der Waals surface area contributed by atoms with E-state index in [2.05, 4.69) is 15.4 Å². The van der Waals surface area contributed by atoms with Gasteiger partial charge in [0.25, 0.3) is 11.6 Å². The quantitative estimate of drug-likeness (QED) is 0.373. The van der Waals surface area contributed by atoms with Gasteiger partial charge >= 0.3 is 5.97 Å². The van der Waals surface area contributed by atoms with Gasteiger partial charge in [-0.15, -0.1) is 0 Å². The summed E-state index contributed by atoms with van der Waals surface area (Å²) in [6.07, 6.45) is 0.